The van der Waals surface area contributed by atoms with Gasteiger partial charge in [0.2, 0.25) is 5.88 Å². The molecule has 0 spiro atoms. The smallest absolute Gasteiger partial charge is 0.238 e. The molecule has 0 saturated carbocycles. The minimum absolute atomic E-state index is 0.304. The van der Waals surface area contributed by atoms with Crippen LogP contribution >= 0.6 is 11.6 Å². The minimum atomic E-state index is 0.304. The number of rotatable bonds is 4. The van der Waals surface area contributed by atoms with E-state index in [9.17, 15) is 0 Å². The Balaban J connectivity index is 2.28. The maximum absolute atomic E-state index is 6.00. The Bertz CT molecular complexity index is 546. The first-order chi connectivity index (χ1) is 8.70. The number of hydrogen-bond donors (Lipinski definition) is 1. The van der Waals surface area contributed by atoms with Crippen LogP contribution in [0, 0.1) is 0 Å². The van der Waals surface area contributed by atoms with Crippen LogP contribution in [0.2, 0.25) is 5.02 Å². The van der Waals surface area contributed by atoms with Crippen molar-refractivity contribution in [2.45, 2.75) is 6.92 Å². The van der Waals surface area contributed by atoms with Gasteiger partial charge in [0.05, 0.1) is 18.5 Å². The summed E-state index contributed by atoms with van der Waals surface area (Å²) in [7, 11) is 0. The van der Waals surface area contributed by atoms with Crippen LogP contribution in [0.1, 0.15) is 6.92 Å². The van der Waals surface area contributed by atoms with Crippen LogP contribution in [0.15, 0.2) is 36.5 Å². The molecular weight excluding hydrogens is 252 g/mol. The number of nitrogens with zero attached hydrogens (tertiary/aromatic N) is 1. The maximum Gasteiger partial charge on any atom is 0.238 e. The predicted molar refractivity (Wildman–Crippen MR) is 71.3 cm³/mol. The van der Waals surface area contributed by atoms with Crippen molar-refractivity contribution in [2.75, 3.05) is 12.3 Å². The van der Waals surface area contributed by atoms with Crippen molar-refractivity contribution in [3.8, 4) is 17.4 Å². The zero-order valence-electron chi connectivity index (χ0n) is 9.89. The highest BCUT2D eigenvalue weighted by Gasteiger charge is 2.09. The molecule has 4 nitrogen and oxygen atoms in total. The lowest BCUT2D eigenvalue weighted by Crippen LogP contribution is -1.96. The third-order valence-corrected chi connectivity index (χ3v) is 2.45. The number of anilines is 1. The number of aromatic nitrogens is 1. The average molecular weight is 265 g/mol. The van der Waals surface area contributed by atoms with Crippen LogP contribution in [-0.4, -0.2) is 11.6 Å². The van der Waals surface area contributed by atoms with Gasteiger partial charge in [-0.05, 0) is 25.1 Å². The fourth-order valence-corrected chi connectivity index (χ4v) is 1.64. The Morgan fingerprint density at radius 1 is 1.28 bits per heavy atom. The van der Waals surface area contributed by atoms with E-state index < -0.39 is 0 Å². The molecule has 0 aliphatic rings. The van der Waals surface area contributed by atoms with Crippen molar-refractivity contribution in [3.05, 3.63) is 41.6 Å². The number of hydrogen-bond acceptors (Lipinski definition) is 4. The van der Waals surface area contributed by atoms with Crippen LogP contribution in [-0.2, 0) is 0 Å². The molecule has 94 valence electrons. The lowest BCUT2D eigenvalue weighted by molar-refractivity contribution is 0.319. The van der Waals surface area contributed by atoms with Crippen molar-refractivity contribution >= 4 is 17.3 Å². The van der Waals surface area contributed by atoms with E-state index in [0.29, 0.717) is 34.7 Å². The second-order valence-corrected chi connectivity index (χ2v) is 3.94. The Morgan fingerprint density at radius 3 is 2.67 bits per heavy atom. The number of para-hydroxylation sites is 2. The summed E-state index contributed by atoms with van der Waals surface area (Å²) in [5.41, 5.74) is 6.06. The largest absolute Gasteiger partial charge is 0.490 e. The third-order valence-electron chi connectivity index (χ3n) is 2.18. The molecule has 0 fully saturated rings. The van der Waals surface area contributed by atoms with Gasteiger partial charge >= 0.3 is 0 Å². The first-order valence-electron chi connectivity index (χ1n) is 5.51. The van der Waals surface area contributed by atoms with Crippen LogP contribution in [0.3, 0.4) is 0 Å². The van der Waals surface area contributed by atoms with Gasteiger partial charge < -0.3 is 15.2 Å². The first kappa shape index (κ1) is 12.5. The van der Waals surface area contributed by atoms with Gasteiger partial charge in [-0.1, -0.05) is 23.7 Å². The lowest BCUT2D eigenvalue weighted by atomic mass is 10.3. The van der Waals surface area contributed by atoms with E-state index in [4.69, 9.17) is 26.8 Å². The Morgan fingerprint density at radius 2 is 2.00 bits per heavy atom. The molecule has 0 amide bonds. The van der Waals surface area contributed by atoms with Crippen molar-refractivity contribution < 1.29 is 9.47 Å². The van der Waals surface area contributed by atoms with Crippen LogP contribution in [0.25, 0.3) is 0 Å². The van der Waals surface area contributed by atoms with E-state index in [-0.39, 0.29) is 0 Å². The molecule has 0 atom stereocenters. The summed E-state index contributed by atoms with van der Waals surface area (Å²) in [6.45, 7) is 2.47. The van der Waals surface area contributed by atoms with Gasteiger partial charge in [-0.3, -0.25) is 0 Å². The van der Waals surface area contributed by atoms with Gasteiger partial charge in [-0.25, -0.2) is 4.98 Å². The molecule has 0 bridgehead atoms. The van der Waals surface area contributed by atoms with E-state index >= 15 is 0 Å². The van der Waals surface area contributed by atoms with E-state index in [1.54, 1.807) is 12.1 Å². The normalized spacial score (nSPS) is 10.1. The van der Waals surface area contributed by atoms with Crippen molar-refractivity contribution in [1.82, 2.24) is 4.98 Å². The average Bonchev–Trinajstić information content (AvgIpc) is 2.35. The highest BCUT2D eigenvalue weighted by molar-refractivity contribution is 6.32. The number of nitrogen functional groups attached to an aromatic ring is 1. The summed E-state index contributed by atoms with van der Waals surface area (Å²) in [5, 5.41) is 0.362. The van der Waals surface area contributed by atoms with E-state index in [0.717, 1.165) is 0 Å². The SMILES string of the molecule is CCOc1ccccc1Oc1ncc(N)cc1Cl. The van der Waals surface area contributed by atoms with E-state index in [1.807, 2.05) is 25.1 Å². The first-order valence-corrected chi connectivity index (χ1v) is 5.89. The lowest BCUT2D eigenvalue weighted by Gasteiger charge is -2.11. The number of benzene rings is 1. The second-order valence-electron chi connectivity index (χ2n) is 3.54. The van der Waals surface area contributed by atoms with Gasteiger partial charge in [0.1, 0.15) is 5.02 Å². The summed E-state index contributed by atoms with van der Waals surface area (Å²) in [5.74, 6) is 1.52. The highest BCUT2D eigenvalue weighted by atomic mass is 35.5. The molecule has 0 radical (unpaired) electrons. The molecular formula is C13H13ClN2O2. The molecule has 1 heterocycles. The topological polar surface area (TPSA) is 57.4 Å². The molecule has 0 aliphatic heterocycles. The molecule has 2 N–H and O–H groups in total. The Hall–Kier alpha value is -1.94. The summed E-state index contributed by atoms with van der Waals surface area (Å²) in [4.78, 5) is 4.04. The van der Waals surface area contributed by atoms with Crippen LogP contribution in [0.5, 0.6) is 17.4 Å². The molecule has 2 rings (SSSR count). The molecule has 1 aromatic heterocycles. The molecule has 2 aromatic rings. The molecule has 0 saturated heterocycles. The number of halogens is 1. The maximum atomic E-state index is 6.00. The van der Waals surface area contributed by atoms with Crippen LogP contribution < -0.4 is 15.2 Å². The number of ether oxygens (including phenoxy) is 2. The molecule has 18 heavy (non-hydrogen) atoms. The van der Waals surface area contributed by atoms with Gasteiger partial charge in [-0.15, -0.1) is 0 Å². The summed E-state index contributed by atoms with van der Waals surface area (Å²) in [6.07, 6.45) is 1.49. The predicted octanol–water partition coefficient (Wildman–Crippen LogP) is 3.51. The van der Waals surface area contributed by atoms with Gasteiger partial charge in [-0.2, -0.15) is 0 Å². The summed E-state index contributed by atoms with van der Waals surface area (Å²) < 4.78 is 11.1. The monoisotopic (exact) mass is 264 g/mol. The van der Waals surface area contributed by atoms with Gasteiger partial charge in [0, 0.05) is 0 Å². The zero-order valence-corrected chi connectivity index (χ0v) is 10.6. The van der Waals surface area contributed by atoms with Gasteiger partial charge in [0.25, 0.3) is 0 Å². The summed E-state index contributed by atoms with van der Waals surface area (Å²) >= 11 is 6.00. The number of pyridine rings is 1. The molecule has 0 aliphatic carbocycles. The zero-order chi connectivity index (χ0) is 13.0. The van der Waals surface area contributed by atoms with Crippen LogP contribution in [0.4, 0.5) is 5.69 Å². The van der Waals surface area contributed by atoms with E-state index in [2.05, 4.69) is 4.98 Å². The standard InChI is InChI=1S/C13H13ClN2O2/c1-2-17-11-5-3-4-6-12(11)18-13-10(14)7-9(15)8-16-13/h3-8H,2,15H2,1H3. The summed E-state index contributed by atoms with van der Waals surface area (Å²) in [6, 6.07) is 8.93. The molecule has 1 aromatic carbocycles. The Kier molecular flexibility index (Phi) is 3.89. The second kappa shape index (κ2) is 5.60. The molecule has 0 unspecified atom stereocenters. The Labute approximate surface area is 110 Å². The van der Waals surface area contributed by atoms with Crippen molar-refractivity contribution in [2.24, 2.45) is 0 Å². The van der Waals surface area contributed by atoms with Crippen molar-refractivity contribution in [3.63, 3.8) is 0 Å². The number of nitrogens with two attached hydrogens (primary N) is 1. The highest BCUT2D eigenvalue weighted by Crippen LogP contribution is 2.33. The molecule has 5 heteroatoms. The van der Waals surface area contributed by atoms with Crippen molar-refractivity contribution in [1.29, 1.82) is 0 Å². The minimum Gasteiger partial charge on any atom is -0.490 e. The third kappa shape index (κ3) is 2.84. The fourth-order valence-electron chi connectivity index (χ4n) is 1.43. The quantitative estimate of drug-likeness (QED) is 0.918. The van der Waals surface area contributed by atoms with Gasteiger partial charge in [0.15, 0.2) is 11.5 Å². The fraction of sp³-hybridized carbons (Fsp3) is 0.154. The van der Waals surface area contributed by atoms with E-state index in [1.165, 1.54) is 6.20 Å².